The summed E-state index contributed by atoms with van der Waals surface area (Å²) in [6.45, 7) is 0.909. The molecule has 6 heteroatoms. The Morgan fingerprint density at radius 2 is 1.71 bits per heavy atom. The zero-order valence-electron chi connectivity index (χ0n) is 15.3. The molecule has 0 radical (unpaired) electrons. The largest absolute Gasteiger partial charge is 0.348 e. The van der Waals surface area contributed by atoms with Gasteiger partial charge in [-0.2, -0.15) is 0 Å². The van der Waals surface area contributed by atoms with Gasteiger partial charge in [0.2, 0.25) is 11.8 Å². The smallest absolute Gasteiger partial charge is 0.261 e. The van der Waals surface area contributed by atoms with Gasteiger partial charge in [-0.05, 0) is 23.6 Å². The molecule has 2 unspecified atom stereocenters. The van der Waals surface area contributed by atoms with Crippen molar-refractivity contribution in [3.63, 3.8) is 0 Å². The second kappa shape index (κ2) is 6.27. The molecule has 3 amide bonds. The fourth-order valence-electron chi connectivity index (χ4n) is 4.30. The number of amides is 3. The molecule has 5 rings (SSSR count). The number of fused-ring (bicyclic) bond motifs is 1. The highest BCUT2D eigenvalue weighted by Crippen LogP contribution is 2.43. The Morgan fingerprint density at radius 1 is 1.00 bits per heavy atom. The predicted molar refractivity (Wildman–Crippen MR) is 100 cm³/mol. The lowest BCUT2D eigenvalue weighted by Crippen LogP contribution is -2.61. The number of carbonyl (C=O) groups excluding carboxylic acids is 3. The molecule has 3 aliphatic heterocycles. The van der Waals surface area contributed by atoms with Gasteiger partial charge in [-0.25, -0.2) is 0 Å². The lowest BCUT2D eigenvalue weighted by atomic mass is 9.91. The van der Waals surface area contributed by atoms with E-state index < -0.39 is 11.8 Å². The molecule has 2 aromatic carbocycles. The highest BCUT2D eigenvalue weighted by molar-refractivity contribution is 6.12. The number of benzene rings is 2. The van der Waals surface area contributed by atoms with Gasteiger partial charge in [0.05, 0.1) is 13.0 Å². The van der Waals surface area contributed by atoms with Gasteiger partial charge in [-0.3, -0.25) is 19.3 Å². The van der Waals surface area contributed by atoms with Crippen LogP contribution in [0.4, 0.5) is 0 Å². The van der Waals surface area contributed by atoms with Gasteiger partial charge in [0.1, 0.15) is 6.04 Å². The molecular weight excluding hydrogens is 356 g/mol. The summed E-state index contributed by atoms with van der Waals surface area (Å²) >= 11 is 0. The number of hydrogen-bond donors (Lipinski definition) is 0. The minimum Gasteiger partial charge on any atom is -0.348 e. The van der Waals surface area contributed by atoms with Crippen LogP contribution in [0.1, 0.15) is 34.3 Å². The summed E-state index contributed by atoms with van der Waals surface area (Å²) in [5, 5.41) is 0. The van der Waals surface area contributed by atoms with Crippen LogP contribution < -0.4 is 0 Å². The standard InChI is InChI=1S/C22H20N2O4/c25-19-12-16-8-4-5-9-17(16)20(26)24(19)18-10-11-22(14-28-22)23(21(18)27)13-15-6-2-1-3-7-15/h1-9,18H,10-14H2. The van der Waals surface area contributed by atoms with E-state index in [0.29, 0.717) is 31.6 Å². The number of nitrogens with zero attached hydrogens (tertiary/aromatic N) is 2. The lowest BCUT2D eigenvalue weighted by Gasteiger charge is -2.42. The van der Waals surface area contributed by atoms with Crippen LogP contribution in [0.5, 0.6) is 0 Å². The van der Waals surface area contributed by atoms with Gasteiger partial charge < -0.3 is 9.64 Å². The topological polar surface area (TPSA) is 70.2 Å². The Hall–Kier alpha value is -2.99. The zero-order chi connectivity index (χ0) is 19.3. The SMILES string of the molecule is O=C1Cc2ccccc2C(=O)N1C1CCC2(CO2)N(Cc2ccccc2)C1=O. The summed E-state index contributed by atoms with van der Waals surface area (Å²) in [7, 11) is 0. The Morgan fingerprint density at radius 3 is 2.46 bits per heavy atom. The average molecular weight is 376 g/mol. The summed E-state index contributed by atoms with van der Waals surface area (Å²) in [4.78, 5) is 42.0. The molecule has 28 heavy (non-hydrogen) atoms. The van der Waals surface area contributed by atoms with E-state index in [9.17, 15) is 14.4 Å². The van der Waals surface area contributed by atoms with Crippen molar-refractivity contribution >= 4 is 17.7 Å². The molecule has 1 spiro atoms. The first kappa shape index (κ1) is 17.1. The number of epoxide rings is 1. The summed E-state index contributed by atoms with van der Waals surface area (Å²) in [6.07, 6.45) is 1.20. The molecule has 2 aromatic rings. The maximum atomic E-state index is 13.4. The fraction of sp³-hybridized carbons (Fsp3) is 0.318. The third-order valence-electron chi connectivity index (χ3n) is 5.90. The molecule has 2 fully saturated rings. The normalized spacial score (nSPS) is 26.6. The zero-order valence-corrected chi connectivity index (χ0v) is 15.3. The van der Waals surface area contributed by atoms with E-state index in [1.807, 2.05) is 36.4 Å². The summed E-state index contributed by atoms with van der Waals surface area (Å²) in [5.74, 6) is -0.902. The number of piperidine rings is 1. The van der Waals surface area contributed by atoms with E-state index in [1.54, 1.807) is 23.1 Å². The van der Waals surface area contributed by atoms with E-state index in [2.05, 4.69) is 0 Å². The fourth-order valence-corrected chi connectivity index (χ4v) is 4.30. The molecule has 3 heterocycles. The minimum absolute atomic E-state index is 0.145. The van der Waals surface area contributed by atoms with Crippen molar-refractivity contribution in [2.45, 2.75) is 37.6 Å². The Bertz CT molecular complexity index is 968. The summed E-state index contributed by atoms with van der Waals surface area (Å²) in [6, 6.07) is 16.0. The average Bonchev–Trinajstić information content (AvgIpc) is 3.48. The summed E-state index contributed by atoms with van der Waals surface area (Å²) < 4.78 is 5.65. The van der Waals surface area contributed by atoms with Crippen molar-refractivity contribution in [2.24, 2.45) is 0 Å². The molecular formula is C22H20N2O4. The minimum atomic E-state index is -0.771. The van der Waals surface area contributed by atoms with Crippen LogP contribution in [0.2, 0.25) is 0 Å². The van der Waals surface area contributed by atoms with Crippen molar-refractivity contribution < 1.29 is 19.1 Å². The molecule has 2 saturated heterocycles. The monoisotopic (exact) mass is 376 g/mol. The van der Waals surface area contributed by atoms with E-state index in [4.69, 9.17) is 4.74 Å². The molecule has 142 valence electrons. The third-order valence-corrected chi connectivity index (χ3v) is 5.90. The van der Waals surface area contributed by atoms with Crippen LogP contribution in [0.25, 0.3) is 0 Å². The van der Waals surface area contributed by atoms with E-state index in [-0.39, 0.29) is 24.1 Å². The van der Waals surface area contributed by atoms with E-state index in [0.717, 1.165) is 11.1 Å². The number of likely N-dealkylation sites (tertiary alicyclic amines) is 1. The maximum Gasteiger partial charge on any atom is 0.261 e. The van der Waals surface area contributed by atoms with Gasteiger partial charge in [0.25, 0.3) is 5.91 Å². The lowest BCUT2D eigenvalue weighted by molar-refractivity contribution is -0.154. The highest BCUT2D eigenvalue weighted by Gasteiger charge is 2.58. The van der Waals surface area contributed by atoms with Crippen molar-refractivity contribution in [1.29, 1.82) is 0 Å². The number of ether oxygens (including phenoxy) is 1. The summed E-state index contributed by atoms with van der Waals surface area (Å²) in [5.41, 5.74) is 1.64. The highest BCUT2D eigenvalue weighted by atomic mass is 16.6. The van der Waals surface area contributed by atoms with Crippen LogP contribution in [0.3, 0.4) is 0 Å². The maximum absolute atomic E-state index is 13.4. The van der Waals surface area contributed by atoms with Crippen LogP contribution in [-0.4, -0.2) is 45.9 Å². The van der Waals surface area contributed by atoms with Gasteiger partial charge in [0.15, 0.2) is 5.72 Å². The van der Waals surface area contributed by atoms with Crippen molar-refractivity contribution in [2.75, 3.05) is 6.61 Å². The van der Waals surface area contributed by atoms with Crippen molar-refractivity contribution in [3.05, 3.63) is 71.3 Å². The first-order valence-corrected chi connectivity index (χ1v) is 9.53. The van der Waals surface area contributed by atoms with Crippen LogP contribution in [-0.2, 0) is 27.3 Å². The number of imide groups is 1. The second-order valence-electron chi connectivity index (χ2n) is 7.60. The molecule has 0 aromatic heterocycles. The van der Waals surface area contributed by atoms with Gasteiger partial charge in [-0.15, -0.1) is 0 Å². The van der Waals surface area contributed by atoms with Crippen molar-refractivity contribution in [1.82, 2.24) is 9.80 Å². The van der Waals surface area contributed by atoms with Gasteiger partial charge in [0, 0.05) is 18.5 Å². The first-order chi connectivity index (χ1) is 13.6. The molecule has 6 nitrogen and oxygen atoms in total. The molecule has 0 saturated carbocycles. The molecule has 3 aliphatic rings. The number of hydrogen-bond acceptors (Lipinski definition) is 4. The Balaban J connectivity index is 1.45. The Kier molecular flexibility index (Phi) is 3.84. The number of rotatable bonds is 3. The molecule has 0 bridgehead atoms. The van der Waals surface area contributed by atoms with E-state index in [1.165, 1.54) is 4.90 Å². The van der Waals surface area contributed by atoms with Crippen LogP contribution >= 0.6 is 0 Å². The molecule has 0 aliphatic carbocycles. The van der Waals surface area contributed by atoms with Crippen molar-refractivity contribution in [3.8, 4) is 0 Å². The second-order valence-corrected chi connectivity index (χ2v) is 7.60. The molecule has 2 atom stereocenters. The van der Waals surface area contributed by atoms with Crippen LogP contribution in [0, 0.1) is 0 Å². The predicted octanol–water partition coefficient (Wildman–Crippen LogP) is 2.13. The first-order valence-electron chi connectivity index (χ1n) is 9.53. The van der Waals surface area contributed by atoms with Gasteiger partial charge >= 0.3 is 0 Å². The van der Waals surface area contributed by atoms with Gasteiger partial charge in [-0.1, -0.05) is 48.5 Å². The van der Waals surface area contributed by atoms with E-state index >= 15 is 0 Å². The Labute approximate surface area is 162 Å². The molecule has 0 N–H and O–H groups in total. The number of carbonyl (C=O) groups is 3. The van der Waals surface area contributed by atoms with Crippen LogP contribution in [0.15, 0.2) is 54.6 Å². The quantitative estimate of drug-likeness (QED) is 0.608. The third kappa shape index (κ3) is 2.64.